The quantitative estimate of drug-likeness (QED) is 0.860. The van der Waals surface area contributed by atoms with Crippen molar-refractivity contribution in [2.24, 2.45) is 11.1 Å². The van der Waals surface area contributed by atoms with Crippen molar-refractivity contribution in [3.63, 3.8) is 0 Å². The fraction of sp³-hybridized carbons (Fsp3) is 0.381. The van der Waals surface area contributed by atoms with Crippen molar-refractivity contribution in [1.82, 2.24) is 0 Å². The monoisotopic (exact) mass is 339 g/mol. The lowest BCUT2D eigenvalue weighted by molar-refractivity contribution is -0.122. The molecule has 2 aromatic rings. The lowest BCUT2D eigenvalue weighted by Crippen LogP contribution is -2.37. The highest BCUT2D eigenvalue weighted by atomic mass is 16.5. The molecule has 0 saturated heterocycles. The second-order valence-electron chi connectivity index (χ2n) is 7.43. The van der Waals surface area contributed by atoms with Crippen LogP contribution in [-0.4, -0.2) is 11.0 Å². The molecule has 0 radical (unpaired) electrons. The number of carbonyl (C=O) groups excluding carboxylic acids is 1. The zero-order valence-electron chi connectivity index (χ0n) is 14.6. The first-order valence-electron chi connectivity index (χ1n) is 8.73. The lowest BCUT2D eigenvalue weighted by atomic mass is 9.66. The van der Waals surface area contributed by atoms with Gasteiger partial charge in [0, 0.05) is 6.42 Å². The molecule has 0 bridgehead atoms. The Bertz CT molecular complexity index is 734. The highest BCUT2D eigenvalue weighted by molar-refractivity contribution is 5.74. The number of para-hydroxylation sites is 1. The van der Waals surface area contributed by atoms with Gasteiger partial charge in [-0.05, 0) is 60.9 Å². The molecule has 4 nitrogen and oxygen atoms in total. The molecule has 0 atom stereocenters. The molecule has 0 unspecified atom stereocenters. The summed E-state index contributed by atoms with van der Waals surface area (Å²) in [6, 6.07) is 17.2. The van der Waals surface area contributed by atoms with E-state index in [1.165, 1.54) is 0 Å². The van der Waals surface area contributed by atoms with E-state index < -0.39 is 5.60 Å². The molecule has 132 valence electrons. The van der Waals surface area contributed by atoms with Crippen molar-refractivity contribution >= 4 is 5.91 Å². The molecule has 1 saturated carbocycles. The van der Waals surface area contributed by atoms with Crippen LogP contribution in [0.1, 0.15) is 44.6 Å². The lowest BCUT2D eigenvalue weighted by Gasteiger charge is -2.42. The van der Waals surface area contributed by atoms with Gasteiger partial charge in [0.2, 0.25) is 5.91 Å². The summed E-state index contributed by atoms with van der Waals surface area (Å²) in [5.74, 6) is 1.21. The molecular formula is C21H25NO3. The number of benzene rings is 2. The Balaban J connectivity index is 1.74. The van der Waals surface area contributed by atoms with E-state index in [0.29, 0.717) is 25.0 Å². The maximum Gasteiger partial charge on any atom is 0.217 e. The molecule has 0 aliphatic heterocycles. The van der Waals surface area contributed by atoms with Crippen molar-refractivity contribution in [3.8, 4) is 11.5 Å². The first kappa shape index (κ1) is 17.5. The molecule has 2 aromatic carbocycles. The molecule has 1 aliphatic carbocycles. The smallest absolute Gasteiger partial charge is 0.217 e. The second kappa shape index (κ2) is 6.89. The van der Waals surface area contributed by atoms with Gasteiger partial charge in [0.05, 0.1) is 5.60 Å². The summed E-state index contributed by atoms with van der Waals surface area (Å²) in [7, 11) is 0. The minimum atomic E-state index is -0.882. The predicted molar refractivity (Wildman–Crippen MR) is 97.2 cm³/mol. The Hall–Kier alpha value is -2.33. The SMILES string of the molecule is CC1(CC(N)=O)CCC(O)(c2cccc(Oc3ccccc3)c2)CC1. The molecular weight excluding hydrogens is 314 g/mol. The van der Waals surface area contributed by atoms with E-state index in [-0.39, 0.29) is 11.3 Å². The number of amides is 1. The third kappa shape index (κ3) is 4.20. The van der Waals surface area contributed by atoms with Gasteiger partial charge in [-0.3, -0.25) is 4.79 Å². The number of ether oxygens (including phenoxy) is 1. The van der Waals surface area contributed by atoms with Crippen LogP contribution in [0.15, 0.2) is 54.6 Å². The number of hydrogen-bond donors (Lipinski definition) is 2. The van der Waals surface area contributed by atoms with Crippen molar-refractivity contribution in [2.45, 2.75) is 44.6 Å². The molecule has 1 amide bonds. The predicted octanol–water partition coefficient (Wildman–Crippen LogP) is 4.12. The van der Waals surface area contributed by atoms with Crippen LogP contribution >= 0.6 is 0 Å². The third-order valence-corrected chi connectivity index (χ3v) is 5.24. The molecule has 3 N–H and O–H groups in total. The van der Waals surface area contributed by atoms with Crippen molar-refractivity contribution in [2.75, 3.05) is 0 Å². The average molecular weight is 339 g/mol. The summed E-state index contributed by atoms with van der Waals surface area (Å²) in [5.41, 5.74) is 5.23. The van der Waals surface area contributed by atoms with Crippen molar-refractivity contribution in [1.29, 1.82) is 0 Å². The number of nitrogens with two attached hydrogens (primary N) is 1. The Labute approximate surface area is 148 Å². The summed E-state index contributed by atoms with van der Waals surface area (Å²) in [6.45, 7) is 2.08. The maximum atomic E-state index is 11.3. The Morgan fingerprint density at radius 3 is 2.32 bits per heavy atom. The Kier molecular flexibility index (Phi) is 4.82. The number of aliphatic hydroxyl groups is 1. The van der Waals surface area contributed by atoms with E-state index in [1.807, 2.05) is 54.6 Å². The maximum absolute atomic E-state index is 11.3. The van der Waals surface area contributed by atoms with E-state index in [1.54, 1.807) is 0 Å². The number of primary amides is 1. The summed E-state index contributed by atoms with van der Waals surface area (Å²) < 4.78 is 5.88. The van der Waals surface area contributed by atoms with Crippen molar-refractivity contribution in [3.05, 3.63) is 60.2 Å². The first-order valence-corrected chi connectivity index (χ1v) is 8.73. The van der Waals surface area contributed by atoms with Crippen LogP contribution in [0.5, 0.6) is 11.5 Å². The summed E-state index contributed by atoms with van der Waals surface area (Å²) in [5, 5.41) is 11.1. The van der Waals surface area contributed by atoms with E-state index in [0.717, 1.165) is 24.2 Å². The van der Waals surface area contributed by atoms with Crippen LogP contribution < -0.4 is 10.5 Å². The van der Waals surface area contributed by atoms with Gasteiger partial charge < -0.3 is 15.6 Å². The average Bonchev–Trinajstić information content (AvgIpc) is 2.59. The Morgan fingerprint density at radius 1 is 1.04 bits per heavy atom. The number of carbonyl (C=O) groups is 1. The van der Waals surface area contributed by atoms with Crippen LogP contribution in [-0.2, 0) is 10.4 Å². The molecule has 4 heteroatoms. The fourth-order valence-electron chi connectivity index (χ4n) is 3.63. The number of hydrogen-bond acceptors (Lipinski definition) is 3. The van der Waals surface area contributed by atoms with E-state index in [4.69, 9.17) is 10.5 Å². The van der Waals surface area contributed by atoms with Crippen LogP contribution in [0.3, 0.4) is 0 Å². The molecule has 25 heavy (non-hydrogen) atoms. The summed E-state index contributed by atoms with van der Waals surface area (Å²) in [4.78, 5) is 11.3. The zero-order chi connectivity index (χ0) is 17.9. The first-order chi connectivity index (χ1) is 11.9. The summed E-state index contributed by atoms with van der Waals surface area (Å²) >= 11 is 0. The second-order valence-corrected chi connectivity index (χ2v) is 7.43. The summed E-state index contributed by atoms with van der Waals surface area (Å²) in [6.07, 6.45) is 3.16. The minimum absolute atomic E-state index is 0.115. The van der Waals surface area contributed by atoms with E-state index >= 15 is 0 Å². The molecule has 1 aliphatic rings. The van der Waals surface area contributed by atoms with Crippen molar-refractivity contribution < 1.29 is 14.6 Å². The molecule has 3 rings (SSSR count). The van der Waals surface area contributed by atoms with Crippen LogP contribution in [0.4, 0.5) is 0 Å². The zero-order valence-corrected chi connectivity index (χ0v) is 14.6. The number of rotatable bonds is 5. The molecule has 0 heterocycles. The van der Waals surface area contributed by atoms with Gasteiger partial charge in [0.15, 0.2) is 0 Å². The van der Waals surface area contributed by atoms with Gasteiger partial charge in [0.25, 0.3) is 0 Å². The van der Waals surface area contributed by atoms with Gasteiger partial charge in [-0.15, -0.1) is 0 Å². The van der Waals surface area contributed by atoms with E-state index in [2.05, 4.69) is 6.92 Å². The van der Waals surface area contributed by atoms with Crippen LogP contribution in [0.2, 0.25) is 0 Å². The van der Waals surface area contributed by atoms with Crippen LogP contribution in [0.25, 0.3) is 0 Å². The highest BCUT2D eigenvalue weighted by Crippen LogP contribution is 2.47. The normalized spacial score (nSPS) is 26.2. The van der Waals surface area contributed by atoms with Gasteiger partial charge >= 0.3 is 0 Å². The van der Waals surface area contributed by atoms with Gasteiger partial charge in [-0.1, -0.05) is 37.3 Å². The Morgan fingerprint density at radius 2 is 1.68 bits per heavy atom. The highest BCUT2D eigenvalue weighted by Gasteiger charge is 2.40. The van der Waals surface area contributed by atoms with Gasteiger partial charge in [-0.2, -0.15) is 0 Å². The fourth-order valence-corrected chi connectivity index (χ4v) is 3.63. The standard InChI is InChI=1S/C21H25NO3/c1-20(15-19(22)23)10-12-21(24,13-11-20)16-6-5-9-18(14-16)25-17-7-3-2-4-8-17/h2-9,14,24H,10-13,15H2,1H3,(H2,22,23). The minimum Gasteiger partial charge on any atom is -0.457 e. The molecule has 0 aromatic heterocycles. The largest absolute Gasteiger partial charge is 0.457 e. The van der Waals surface area contributed by atoms with Gasteiger partial charge in [-0.25, -0.2) is 0 Å². The third-order valence-electron chi connectivity index (χ3n) is 5.24. The topological polar surface area (TPSA) is 72.6 Å². The molecule has 0 spiro atoms. The van der Waals surface area contributed by atoms with Gasteiger partial charge in [0.1, 0.15) is 11.5 Å². The van der Waals surface area contributed by atoms with E-state index in [9.17, 15) is 9.90 Å². The van der Waals surface area contributed by atoms with Crippen LogP contribution in [0, 0.1) is 5.41 Å². The molecule has 1 fully saturated rings.